The number of nitrogens with zero attached hydrogens (tertiary/aromatic N) is 14. The van der Waals surface area contributed by atoms with Gasteiger partial charge in [-0.15, -0.1) is 0 Å². The van der Waals surface area contributed by atoms with Gasteiger partial charge in [-0.25, -0.2) is 14.4 Å². The number of nitrogen functional groups attached to an aromatic ring is 1. The molecule has 37 heteroatoms. The summed E-state index contributed by atoms with van der Waals surface area (Å²) in [5.74, 6) is 3.77. The van der Waals surface area contributed by atoms with Crippen LogP contribution in [-0.4, -0.2) is 215 Å². The smallest absolute Gasteiger partial charge is 0.410 e. The van der Waals surface area contributed by atoms with E-state index in [-0.39, 0.29) is 80.6 Å². The molecule has 0 radical (unpaired) electrons. The van der Waals surface area contributed by atoms with Crippen LogP contribution in [0.15, 0.2) is 91.0 Å². The Morgan fingerprint density at radius 1 is 0.452 bits per heavy atom. The fraction of sp³-hybridized carbons (Fsp3) is 0.562. The van der Waals surface area contributed by atoms with E-state index >= 15 is 0 Å². The van der Waals surface area contributed by atoms with Crippen molar-refractivity contribution < 1.29 is 77.1 Å². The highest BCUT2D eigenvalue weighted by Gasteiger charge is 2.50. The summed E-state index contributed by atoms with van der Waals surface area (Å²) in [5.41, 5.74) is 6.15. The number of nitro benzene ring substituents is 4. The quantitative estimate of drug-likeness (QED) is 0.0256. The summed E-state index contributed by atoms with van der Waals surface area (Å²) in [7, 11) is 4.23. The summed E-state index contributed by atoms with van der Waals surface area (Å²) >= 11 is 3.48. The maximum absolute atomic E-state index is 12.1. The van der Waals surface area contributed by atoms with Crippen molar-refractivity contribution in [3.63, 3.8) is 0 Å². The zero-order chi connectivity index (χ0) is 93.1. The number of alkyl halides is 1. The number of carbonyl (C=O) groups excluding carboxylic acids is 4. The van der Waals surface area contributed by atoms with Crippen LogP contribution in [0.2, 0.25) is 0 Å². The number of nitro groups is 4. The second kappa shape index (κ2) is 49.5. The molecule has 6 saturated heterocycles. The molecule has 5 aromatic carbocycles. The average Bonchev–Trinajstić information content (AvgIpc) is 1.63. The first kappa shape index (κ1) is 103. The molecule has 6 heterocycles. The normalized spacial score (nSPS) is 16.7. The van der Waals surface area contributed by atoms with E-state index in [9.17, 15) is 59.6 Å². The van der Waals surface area contributed by atoms with E-state index in [4.69, 9.17) is 70.3 Å². The number of anilines is 1. The van der Waals surface area contributed by atoms with E-state index in [2.05, 4.69) is 51.2 Å². The van der Waals surface area contributed by atoms with E-state index in [1.807, 2.05) is 85.4 Å². The van der Waals surface area contributed by atoms with Gasteiger partial charge in [0.1, 0.15) is 81.7 Å². The zero-order valence-electron chi connectivity index (χ0n) is 73.7. The first-order chi connectivity index (χ1) is 59.5. The summed E-state index contributed by atoms with van der Waals surface area (Å²) in [6.07, 6.45) is 11.6. The minimum Gasteiger partial charge on any atom is -0.506 e. The van der Waals surface area contributed by atoms with Gasteiger partial charge in [-0.2, -0.15) is 26.3 Å². The monoisotopic (exact) mass is 1810 g/mol. The summed E-state index contributed by atoms with van der Waals surface area (Å²) in [6.45, 7) is 29.3. The summed E-state index contributed by atoms with van der Waals surface area (Å²) < 4.78 is 38.7. The summed E-state index contributed by atoms with van der Waals surface area (Å²) in [6, 6.07) is 30.3. The number of halogens is 1. The number of nitrogens with two attached hydrogens (primary N) is 1. The van der Waals surface area contributed by atoms with Gasteiger partial charge in [-0.3, -0.25) is 45.3 Å². The minimum atomic E-state index is -0.638. The highest BCUT2D eigenvalue weighted by atomic mass is 79.9. The molecule has 7 aliphatic rings. The van der Waals surface area contributed by atoms with E-state index in [0.717, 1.165) is 147 Å². The van der Waals surface area contributed by atoms with E-state index in [1.54, 1.807) is 34.1 Å². The van der Waals surface area contributed by atoms with Gasteiger partial charge < -0.3 is 73.8 Å². The topological polar surface area (TPSA) is 499 Å². The molecular weight excluding hydrogens is 1690 g/mol. The number of benzene rings is 5. The van der Waals surface area contributed by atoms with Gasteiger partial charge in [0.05, 0.1) is 98.2 Å². The van der Waals surface area contributed by atoms with E-state index < -0.39 is 30.9 Å². The Hall–Kier alpha value is -12.2. The molecule has 4 N–H and O–H groups in total. The van der Waals surface area contributed by atoms with E-state index in [0.29, 0.717) is 128 Å². The van der Waals surface area contributed by atoms with Gasteiger partial charge >= 0.3 is 18.3 Å². The number of nitrogens with one attached hydrogen (secondary N) is 1. The number of non-ortho nitro benzene ring substituents is 4. The fourth-order valence-electron chi connectivity index (χ4n) is 14.0. The van der Waals surface area contributed by atoms with Crippen LogP contribution in [0.3, 0.4) is 0 Å². The molecule has 1 spiro atoms. The van der Waals surface area contributed by atoms with Crippen LogP contribution in [0.5, 0.6) is 28.7 Å². The number of Topliss-reactive ketones (excluding diaryl/α,β-unsaturated/α-hetero) is 1. The lowest BCUT2D eigenvalue weighted by molar-refractivity contribution is -0.385. The fourth-order valence-corrected chi connectivity index (χ4v) is 14.7. The van der Waals surface area contributed by atoms with Gasteiger partial charge in [0.25, 0.3) is 22.7 Å². The largest absolute Gasteiger partial charge is 0.506 e. The number of carbonyl (C=O) groups is 4. The number of nitriles is 5. The lowest BCUT2D eigenvalue weighted by Gasteiger charge is -2.36. The molecule has 0 unspecified atom stereocenters. The number of phenolic OH excluding ortho intramolecular Hbond substituents is 1. The molecule has 1 saturated carbocycles. The number of hydrogen-bond acceptors (Lipinski definition) is 29. The second-order valence-electron chi connectivity index (χ2n) is 35.0. The number of rotatable bonds is 17. The number of ketones is 1. The lowest BCUT2D eigenvalue weighted by Crippen LogP contribution is -2.42. The first-order valence-electron chi connectivity index (χ1n) is 41.9. The number of piperidine rings is 5. The number of ether oxygens (including phenoxy) is 7. The zero-order valence-corrected chi connectivity index (χ0v) is 75.3. The molecule has 7 fully saturated rings. The van der Waals surface area contributed by atoms with Gasteiger partial charge in [-0.1, -0.05) is 15.9 Å². The number of hydrogen-bond donors (Lipinski definition) is 3. The van der Waals surface area contributed by atoms with Crippen LogP contribution in [0.1, 0.15) is 174 Å². The Morgan fingerprint density at radius 2 is 0.746 bits per heavy atom. The highest BCUT2D eigenvalue weighted by Crippen LogP contribution is 2.46. The predicted octanol–water partition coefficient (Wildman–Crippen LogP) is 15.6. The average molecular weight is 1810 g/mol. The Balaban J connectivity index is 0.000000229. The number of phenols is 1. The molecule has 1 aliphatic carbocycles. The number of aromatic hydroxyl groups is 1. The van der Waals surface area contributed by atoms with Gasteiger partial charge in [-0.05, 0) is 252 Å². The number of amides is 3. The van der Waals surface area contributed by atoms with Gasteiger partial charge in [0.2, 0.25) is 0 Å². The van der Waals surface area contributed by atoms with Crippen molar-refractivity contribution in [1.82, 2.24) is 29.8 Å². The first-order valence-corrected chi connectivity index (χ1v) is 43.0. The molecule has 0 aromatic heterocycles. The van der Waals surface area contributed by atoms with Crippen molar-refractivity contribution in [2.24, 2.45) is 35.0 Å². The summed E-state index contributed by atoms with van der Waals surface area (Å²) in [4.78, 5) is 96.8. The third kappa shape index (κ3) is 35.4. The van der Waals surface area contributed by atoms with Crippen molar-refractivity contribution in [3.05, 3.63) is 159 Å². The van der Waals surface area contributed by atoms with Crippen molar-refractivity contribution in [2.45, 2.75) is 163 Å². The molecule has 0 bridgehead atoms. The Bertz CT molecular complexity index is 4720. The minimum absolute atomic E-state index is 0.0283. The number of likely N-dealkylation sites (tertiary alicyclic amines) is 5. The maximum Gasteiger partial charge on any atom is 0.410 e. The third-order valence-corrected chi connectivity index (χ3v) is 22.3. The van der Waals surface area contributed by atoms with Crippen LogP contribution in [0.4, 0.5) is 42.8 Å². The lowest BCUT2D eigenvalue weighted by atomic mass is 9.67. The standard InChI is InChI=1S/C18H23N3O5.C14H17N3O3.C14H19N3O.C13H15N3O3.C12H19NO3.C11H20BrNO2.C7H4N2O3/c1-18(2,3)26-17(22)20-8-6-13(7-9-20)12-25-16-10-15(21(23)24)5-4-14(16)11-19;1-16-6-4-11(5-7-16)10-20-14-8-13(17(18)19)3-2-12(14)9-15;1-17-6-4-11(5-7-17)10-18-14-8-13(16)3-2-12(14)9-15;14-8-11-1-2-12(16(17)18)7-13(11)19-9-10-3-5-15-6-4-10;1-11(2,3)16-10(15)13-5-4-12(8-13)6-9(14)7-12;1-11(2,3)15-10(14)13-6-4-9(8-12)5-7-13;8-4-5-1-2-6(9(11)12)3-7(5)10/h4-5,10,13H,6-9,12H2,1-3H3;2-3,8,11H,4-7,10H2,1H3;2-3,8,11H,4-7,10,16H2,1H3;1-2,7,10,15H,3-6,9H2;4-8H2,1-3H3;9H,4-8H2,1-3H3;1-3,10H. The molecule has 0 atom stereocenters. The van der Waals surface area contributed by atoms with Crippen molar-refractivity contribution >= 4 is 68.4 Å². The van der Waals surface area contributed by atoms with E-state index in [1.165, 1.54) is 60.7 Å². The summed E-state index contributed by atoms with van der Waals surface area (Å²) in [5, 5.41) is 100. The van der Waals surface area contributed by atoms with Crippen LogP contribution in [0, 0.1) is 132 Å². The SMILES string of the molecule is CC(C)(C)OC(=O)N1CCC(CBr)CC1.CC(C)(C)OC(=O)N1CCC(COc2cc([N+](=O)[O-])ccc2C#N)CC1.CC(C)(C)OC(=O)N1CCC2(CC(=O)C2)C1.CN1CCC(COc2cc(N)ccc2C#N)CC1.CN1CCC(COc2cc([N+](=O)[O-])ccc2C#N)CC1.N#Cc1ccc([N+](=O)[O-])cc1O.N#Cc1ccc([N+](=O)[O-])cc1OCC1CCNCC1. The predicted molar refractivity (Wildman–Crippen MR) is 470 cm³/mol. The Kier molecular flexibility index (Phi) is 40.3. The van der Waals surface area contributed by atoms with Crippen molar-refractivity contribution in [2.75, 3.05) is 130 Å². The Morgan fingerprint density at radius 3 is 1.06 bits per heavy atom. The molecule has 5 aromatic rings. The molecule has 680 valence electrons. The van der Waals surface area contributed by atoms with Crippen LogP contribution in [-0.2, 0) is 19.0 Å². The molecule has 6 aliphatic heterocycles. The Labute approximate surface area is 744 Å². The van der Waals surface area contributed by atoms with Crippen molar-refractivity contribution in [1.29, 1.82) is 26.3 Å². The van der Waals surface area contributed by atoms with Crippen LogP contribution < -0.4 is 30.0 Å². The molecule has 126 heavy (non-hydrogen) atoms. The third-order valence-electron chi connectivity index (χ3n) is 21.3. The van der Waals surface area contributed by atoms with Gasteiger partial charge in [0, 0.05) is 98.9 Å². The molecule has 3 amide bonds. The van der Waals surface area contributed by atoms with Gasteiger partial charge in [0.15, 0.2) is 0 Å². The van der Waals surface area contributed by atoms with Crippen LogP contribution >= 0.6 is 15.9 Å². The van der Waals surface area contributed by atoms with Crippen molar-refractivity contribution in [3.8, 4) is 59.1 Å². The molecular formula is C89H117BrN16O20. The second-order valence-corrected chi connectivity index (χ2v) is 35.7. The molecule has 36 nitrogen and oxygen atoms in total. The van der Waals surface area contributed by atoms with Crippen LogP contribution in [0.25, 0.3) is 0 Å². The highest BCUT2D eigenvalue weighted by molar-refractivity contribution is 9.09. The maximum atomic E-state index is 12.1. The molecule has 12 rings (SSSR count).